The van der Waals surface area contributed by atoms with Gasteiger partial charge in [-0.3, -0.25) is 0 Å². The second-order valence-electron chi connectivity index (χ2n) is 3.18. The van der Waals surface area contributed by atoms with E-state index in [1.165, 1.54) is 4.90 Å². The van der Waals surface area contributed by atoms with Crippen LogP contribution in [0.2, 0.25) is 0 Å². The minimum Gasteiger partial charge on any atom is -0.388 e. The Balaban J connectivity index is 2.57. The summed E-state index contributed by atoms with van der Waals surface area (Å²) in [5.74, 6) is 0. The number of benzene rings is 1. The van der Waals surface area contributed by atoms with Crippen molar-refractivity contribution in [1.82, 2.24) is 5.32 Å². The summed E-state index contributed by atoms with van der Waals surface area (Å²) in [6.45, 7) is 0.839. The average Bonchev–Trinajstić information content (AvgIpc) is 2.26. The Kier molecular flexibility index (Phi) is 5.01. The van der Waals surface area contributed by atoms with E-state index in [2.05, 4.69) is 5.32 Å². The van der Waals surface area contributed by atoms with E-state index < -0.39 is 0 Å². The van der Waals surface area contributed by atoms with Gasteiger partial charge in [-0.1, -0.05) is 12.1 Å². The van der Waals surface area contributed by atoms with Crippen molar-refractivity contribution in [3.63, 3.8) is 0 Å². The molecule has 0 bridgehead atoms. The normalized spacial score (nSPS) is 12.8. The molecule has 78 valence electrons. The summed E-state index contributed by atoms with van der Waals surface area (Å²) in [5.41, 5.74) is 0.998. The molecule has 0 aliphatic carbocycles. The first-order valence-corrected chi connectivity index (χ1v) is 5.97. The quantitative estimate of drug-likeness (QED) is 0.731. The van der Waals surface area contributed by atoms with Crippen LogP contribution in [-0.4, -0.2) is 25.0 Å². The predicted octanol–water partition coefficient (Wildman–Crippen LogP) is 2.05. The van der Waals surface area contributed by atoms with E-state index in [1.807, 2.05) is 37.6 Å². The lowest BCUT2D eigenvalue weighted by Gasteiger charge is -2.10. The molecule has 0 fully saturated rings. The van der Waals surface area contributed by atoms with Gasteiger partial charge in [-0.25, -0.2) is 0 Å². The van der Waals surface area contributed by atoms with E-state index in [9.17, 15) is 5.11 Å². The second kappa shape index (κ2) is 6.06. The first-order chi connectivity index (χ1) is 6.77. The molecule has 0 heterocycles. The van der Waals surface area contributed by atoms with Crippen molar-refractivity contribution in [1.29, 1.82) is 0 Å². The molecule has 1 aromatic carbocycles. The molecule has 0 radical (unpaired) electrons. The maximum atomic E-state index is 9.77. The molecule has 0 saturated heterocycles. The number of aliphatic hydroxyl groups excluding tert-OH is 1. The van der Waals surface area contributed by atoms with Crippen LogP contribution in [-0.2, 0) is 0 Å². The Hall–Kier alpha value is -0.510. The van der Waals surface area contributed by atoms with Crippen LogP contribution >= 0.6 is 11.8 Å². The van der Waals surface area contributed by atoms with Gasteiger partial charge in [0.2, 0.25) is 0 Å². The second-order valence-corrected chi connectivity index (χ2v) is 4.06. The summed E-state index contributed by atoms with van der Waals surface area (Å²) < 4.78 is 0. The number of hydrogen-bond donors (Lipinski definition) is 2. The Morgan fingerprint density at radius 2 is 2.00 bits per heavy atom. The SMILES string of the molecule is CNCCC(O)c1ccc(SC)cc1. The molecular weight excluding hydrogens is 194 g/mol. The van der Waals surface area contributed by atoms with Gasteiger partial charge in [-0.2, -0.15) is 0 Å². The van der Waals surface area contributed by atoms with E-state index in [1.54, 1.807) is 11.8 Å². The molecule has 0 aliphatic heterocycles. The van der Waals surface area contributed by atoms with Gasteiger partial charge in [-0.05, 0) is 44.0 Å². The van der Waals surface area contributed by atoms with Gasteiger partial charge in [0.05, 0.1) is 6.10 Å². The molecule has 0 spiro atoms. The summed E-state index contributed by atoms with van der Waals surface area (Å²) in [7, 11) is 1.89. The van der Waals surface area contributed by atoms with E-state index in [0.717, 1.165) is 18.5 Å². The minimum absolute atomic E-state index is 0.349. The van der Waals surface area contributed by atoms with E-state index in [0.29, 0.717) is 0 Å². The van der Waals surface area contributed by atoms with Crippen molar-refractivity contribution in [3.05, 3.63) is 29.8 Å². The highest BCUT2D eigenvalue weighted by Crippen LogP contribution is 2.20. The highest BCUT2D eigenvalue weighted by atomic mass is 32.2. The van der Waals surface area contributed by atoms with Gasteiger partial charge in [-0.15, -0.1) is 11.8 Å². The molecule has 0 aromatic heterocycles. The molecule has 2 nitrogen and oxygen atoms in total. The molecule has 3 heteroatoms. The van der Waals surface area contributed by atoms with E-state index in [-0.39, 0.29) is 6.10 Å². The highest BCUT2D eigenvalue weighted by molar-refractivity contribution is 7.98. The highest BCUT2D eigenvalue weighted by Gasteiger charge is 2.05. The molecule has 1 aromatic rings. The standard InChI is InChI=1S/C11H17NOS/c1-12-8-7-11(13)9-3-5-10(14-2)6-4-9/h3-6,11-13H,7-8H2,1-2H3. The molecule has 2 N–H and O–H groups in total. The summed E-state index contributed by atoms with van der Waals surface area (Å²) in [6, 6.07) is 8.07. The number of hydrogen-bond acceptors (Lipinski definition) is 3. The van der Waals surface area contributed by atoms with Crippen LogP contribution in [0.15, 0.2) is 29.2 Å². The first-order valence-electron chi connectivity index (χ1n) is 4.74. The topological polar surface area (TPSA) is 32.3 Å². The Morgan fingerprint density at radius 1 is 1.36 bits per heavy atom. The Bertz CT molecular complexity index is 260. The monoisotopic (exact) mass is 211 g/mol. The fourth-order valence-electron chi connectivity index (χ4n) is 1.27. The van der Waals surface area contributed by atoms with Crippen LogP contribution in [0.1, 0.15) is 18.1 Å². The van der Waals surface area contributed by atoms with Crippen LogP contribution in [0.3, 0.4) is 0 Å². The third-order valence-electron chi connectivity index (χ3n) is 2.17. The van der Waals surface area contributed by atoms with Gasteiger partial charge >= 0.3 is 0 Å². The summed E-state index contributed by atoms with van der Waals surface area (Å²) >= 11 is 1.71. The van der Waals surface area contributed by atoms with Crippen molar-refractivity contribution in [2.24, 2.45) is 0 Å². The first kappa shape index (κ1) is 11.6. The number of rotatable bonds is 5. The van der Waals surface area contributed by atoms with Crippen molar-refractivity contribution in [3.8, 4) is 0 Å². The fraction of sp³-hybridized carbons (Fsp3) is 0.455. The summed E-state index contributed by atoms with van der Waals surface area (Å²) in [5, 5.41) is 12.8. The fourth-order valence-corrected chi connectivity index (χ4v) is 1.68. The van der Waals surface area contributed by atoms with Crippen molar-refractivity contribution in [2.45, 2.75) is 17.4 Å². The Labute approximate surface area is 89.7 Å². The lowest BCUT2D eigenvalue weighted by atomic mass is 10.1. The van der Waals surface area contributed by atoms with Crippen LogP contribution in [0, 0.1) is 0 Å². The molecule has 0 aliphatic rings. The zero-order valence-corrected chi connectivity index (χ0v) is 9.47. The third kappa shape index (κ3) is 3.33. The van der Waals surface area contributed by atoms with Gasteiger partial charge in [0.25, 0.3) is 0 Å². The predicted molar refractivity (Wildman–Crippen MR) is 61.7 cm³/mol. The van der Waals surface area contributed by atoms with Gasteiger partial charge < -0.3 is 10.4 Å². The zero-order chi connectivity index (χ0) is 10.4. The molecule has 0 saturated carbocycles. The molecule has 1 atom stereocenters. The Morgan fingerprint density at radius 3 is 2.50 bits per heavy atom. The van der Waals surface area contributed by atoms with Crippen LogP contribution in [0.25, 0.3) is 0 Å². The van der Waals surface area contributed by atoms with Crippen molar-refractivity contribution in [2.75, 3.05) is 19.8 Å². The smallest absolute Gasteiger partial charge is 0.0802 e. The lowest BCUT2D eigenvalue weighted by Crippen LogP contribution is -2.11. The molecule has 1 unspecified atom stereocenters. The third-order valence-corrected chi connectivity index (χ3v) is 2.91. The molecule has 0 amide bonds. The number of nitrogens with one attached hydrogen (secondary N) is 1. The van der Waals surface area contributed by atoms with Crippen LogP contribution in [0.4, 0.5) is 0 Å². The van der Waals surface area contributed by atoms with Crippen LogP contribution < -0.4 is 5.32 Å². The number of aliphatic hydroxyl groups is 1. The van der Waals surface area contributed by atoms with Crippen molar-refractivity contribution < 1.29 is 5.11 Å². The summed E-state index contributed by atoms with van der Waals surface area (Å²) in [6.07, 6.45) is 2.46. The maximum absolute atomic E-state index is 9.77. The number of thioether (sulfide) groups is 1. The molecular formula is C11H17NOS. The minimum atomic E-state index is -0.349. The van der Waals surface area contributed by atoms with Gasteiger partial charge in [0.15, 0.2) is 0 Å². The maximum Gasteiger partial charge on any atom is 0.0802 e. The summed E-state index contributed by atoms with van der Waals surface area (Å²) in [4.78, 5) is 1.23. The van der Waals surface area contributed by atoms with Gasteiger partial charge in [0.1, 0.15) is 0 Å². The van der Waals surface area contributed by atoms with E-state index >= 15 is 0 Å². The van der Waals surface area contributed by atoms with Gasteiger partial charge in [0, 0.05) is 4.90 Å². The lowest BCUT2D eigenvalue weighted by molar-refractivity contribution is 0.167. The largest absolute Gasteiger partial charge is 0.388 e. The molecule has 1 rings (SSSR count). The van der Waals surface area contributed by atoms with E-state index in [4.69, 9.17) is 0 Å². The molecule has 14 heavy (non-hydrogen) atoms. The zero-order valence-electron chi connectivity index (χ0n) is 8.66. The average molecular weight is 211 g/mol. The van der Waals surface area contributed by atoms with Crippen LogP contribution in [0.5, 0.6) is 0 Å². The van der Waals surface area contributed by atoms with Crippen molar-refractivity contribution >= 4 is 11.8 Å².